The van der Waals surface area contributed by atoms with Gasteiger partial charge in [0.1, 0.15) is 4.90 Å². The molecule has 1 N–H and O–H groups in total. The van der Waals surface area contributed by atoms with Crippen molar-refractivity contribution in [3.05, 3.63) is 59.2 Å². The van der Waals surface area contributed by atoms with Crippen molar-refractivity contribution in [1.29, 1.82) is 0 Å². The first kappa shape index (κ1) is 18.0. The molecule has 3 aromatic rings. The number of fused-ring (bicyclic) bond motifs is 1. The number of piperazine rings is 1. The third kappa shape index (κ3) is 3.20. The van der Waals surface area contributed by atoms with Gasteiger partial charge in [-0.15, -0.1) is 0 Å². The Morgan fingerprint density at radius 3 is 2.41 bits per heavy atom. The molecule has 1 aliphatic heterocycles. The van der Waals surface area contributed by atoms with Crippen molar-refractivity contribution in [1.82, 2.24) is 19.4 Å². The zero-order chi connectivity index (χ0) is 19.0. The number of nitrogens with zero attached hydrogens (tertiary/aromatic N) is 3. The smallest absolute Gasteiger partial charge is 0.275 e. The summed E-state index contributed by atoms with van der Waals surface area (Å²) < 4.78 is 27.0. The number of hydrogen-bond acceptors (Lipinski definition) is 4. The van der Waals surface area contributed by atoms with E-state index in [9.17, 15) is 13.2 Å². The molecule has 2 aromatic carbocycles. The average Bonchev–Trinajstić information content (AvgIpc) is 3.12. The monoisotopic (exact) mass is 404 g/mol. The molecule has 0 radical (unpaired) electrons. The lowest BCUT2D eigenvalue weighted by molar-refractivity contribution is 0.0694. The van der Waals surface area contributed by atoms with Gasteiger partial charge in [-0.25, -0.2) is 8.42 Å². The molecular weight excluding hydrogens is 388 g/mol. The maximum absolute atomic E-state index is 12.8. The fourth-order valence-electron chi connectivity index (χ4n) is 3.20. The maximum atomic E-state index is 12.8. The highest BCUT2D eigenvalue weighted by Crippen LogP contribution is 2.25. The van der Waals surface area contributed by atoms with Gasteiger partial charge >= 0.3 is 0 Å². The van der Waals surface area contributed by atoms with E-state index in [4.69, 9.17) is 11.6 Å². The average molecular weight is 405 g/mol. The standard InChI is InChI=1S/C18H17ClN4O3S/c19-14-6-2-4-8-16(14)27(25,26)23-11-9-22(10-12-23)18(24)17-13-5-1-3-7-15(13)20-21-17/h1-8H,9-12H2,(H,20,21). The minimum Gasteiger partial charge on any atom is -0.335 e. The number of nitrogens with one attached hydrogen (secondary N) is 1. The quantitative estimate of drug-likeness (QED) is 0.726. The summed E-state index contributed by atoms with van der Waals surface area (Å²) in [5.74, 6) is -0.206. The van der Waals surface area contributed by atoms with Gasteiger partial charge in [0.25, 0.3) is 5.91 Å². The van der Waals surface area contributed by atoms with Crippen molar-refractivity contribution >= 4 is 38.4 Å². The number of H-pyrrole nitrogens is 1. The largest absolute Gasteiger partial charge is 0.335 e. The van der Waals surface area contributed by atoms with E-state index in [2.05, 4.69) is 10.2 Å². The molecule has 0 aliphatic carbocycles. The predicted molar refractivity (Wildman–Crippen MR) is 102 cm³/mol. The number of para-hydroxylation sites is 1. The Balaban J connectivity index is 1.51. The molecule has 9 heteroatoms. The number of benzene rings is 2. The molecule has 1 saturated heterocycles. The van der Waals surface area contributed by atoms with Crippen LogP contribution in [0.4, 0.5) is 0 Å². The predicted octanol–water partition coefficient (Wildman–Crippen LogP) is 2.36. The Labute approximate surface area is 161 Å². The highest BCUT2D eigenvalue weighted by molar-refractivity contribution is 7.89. The topological polar surface area (TPSA) is 86.4 Å². The van der Waals surface area contributed by atoms with Crippen LogP contribution in [-0.2, 0) is 10.0 Å². The van der Waals surface area contributed by atoms with Crippen LogP contribution >= 0.6 is 11.6 Å². The molecule has 140 valence electrons. The molecule has 0 saturated carbocycles. The number of halogens is 1. The van der Waals surface area contributed by atoms with Crippen LogP contribution in [0.15, 0.2) is 53.4 Å². The summed E-state index contributed by atoms with van der Waals surface area (Å²) in [5.41, 5.74) is 1.15. The molecular formula is C18H17ClN4O3S. The normalized spacial score (nSPS) is 16.0. The van der Waals surface area contributed by atoms with E-state index in [1.165, 1.54) is 10.4 Å². The van der Waals surface area contributed by atoms with Gasteiger partial charge < -0.3 is 4.90 Å². The van der Waals surface area contributed by atoms with E-state index in [1.54, 1.807) is 23.1 Å². The minimum atomic E-state index is -3.69. The summed E-state index contributed by atoms with van der Waals surface area (Å²) in [6, 6.07) is 13.8. The van der Waals surface area contributed by atoms with Gasteiger partial charge in [-0.05, 0) is 18.2 Å². The number of carbonyl (C=O) groups excluding carboxylic acids is 1. The van der Waals surface area contributed by atoms with Crippen LogP contribution < -0.4 is 0 Å². The fourth-order valence-corrected chi connectivity index (χ4v) is 5.12. The van der Waals surface area contributed by atoms with Crippen molar-refractivity contribution in [3.63, 3.8) is 0 Å². The summed E-state index contributed by atoms with van der Waals surface area (Å²) in [6.07, 6.45) is 0. The van der Waals surface area contributed by atoms with Crippen LogP contribution in [0.2, 0.25) is 5.02 Å². The first-order chi connectivity index (χ1) is 13.0. The Bertz CT molecular complexity index is 1100. The van der Waals surface area contributed by atoms with Crippen LogP contribution in [0.25, 0.3) is 10.9 Å². The molecule has 0 spiro atoms. The van der Waals surface area contributed by atoms with Crippen LogP contribution in [0, 0.1) is 0 Å². The van der Waals surface area contributed by atoms with Crippen molar-refractivity contribution in [2.24, 2.45) is 0 Å². The van der Waals surface area contributed by atoms with Gasteiger partial charge in [0.05, 0.1) is 10.5 Å². The van der Waals surface area contributed by atoms with Crippen molar-refractivity contribution in [2.45, 2.75) is 4.90 Å². The van der Waals surface area contributed by atoms with Crippen LogP contribution in [0.3, 0.4) is 0 Å². The van der Waals surface area contributed by atoms with Gasteiger partial charge in [-0.2, -0.15) is 9.40 Å². The number of hydrogen-bond donors (Lipinski definition) is 1. The Kier molecular flexibility index (Phi) is 4.63. The van der Waals surface area contributed by atoms with E-state index in [-0.39, 0.29) is 28.9 Å². The number of aromatic amines is 1. The van der Waals surface area contributed by atoms with Crippen LogP contribution in [-0.4, -0.2) is 59.9 Å². The highest BCUT2D eigenvalue weighted by atomic mass is 35.5. The van der Waals surface area contributed by atoms with E-state index in [1.807, 2.05) is 24.3 Å². The van der Waals surface area contributed by atoms with Crippen LogP contribution in [0.5, 0.6) is 0 Å². The first-order valence-corrected chi connectivity index (χ1v) is 10.3. The SMILES string of the molecule is O=C(c1n[nH]c2ccccc12)N1CCN(S(=O)(=O)c2ccccc2Cl)CC1. The second-order valence-electron chi connectivity index (χ2n) is 6.24. The Morgan fingerprint density at radius 2 is 1.67 bits per heavy atom. The van der Waals surface area contributed by atoms with E-state index >= 15 is 0 Å². The molecule has 2 heterocycles. The molecule has 1 amide bonds. The van der Waals surface area contributed by atoms with E-state index in [0.717, 1.165) is 10.9 Å². The van der Waals surface area contributed by atoms with E-state index < -0.39 is 10.0 Å². The van der Waals surface area contributed by atoms with Gasteiger partial charge in [0.2, 0.25) is 10.0 Å². The molecule has 4 rings (SSSR count). The fraction of sp³-hybridized carbons (Fsp3) is 0.222. The number of carbonyl (C=O) groups is 1. The first-order valence-electron chi connectivity index (χ1n) is 8.45. The Morgan fingerprint density at radius 1 is 1.00 bits per heavy atom. The van der Waals surface area contributed by atoms with Crippen molar-refractivity contribution in [2.75, 3.05) is 26.2 Å². The molecule has 1 aliphatic rings. The highest BCUT2D eigenvalue weighted by Gasteiger charge is 2.32. The molecule has 0 atom stereocenters. The minimum absolute atomic E-state index is 0.0877. The second-order valence-corrected chi connectivity index (χ2v) is 8.56. The lowest BCUT2D eigenvalue weighted by atomic mass is 10.2. The van der Waals surface area contributed by atoms with Crippen molar-refractivity contribution < 1.29 is 13.2 Å². The summed E-state index contributed by atoms with van der Waals surface area (Å²) in [6.45, 7) is 1.01. The van der Waals surface area contributed by atoms with Crippen LogP contribution in [0.1, 0.15) is 10.5 Å². The second kappa shape index (κ2) is 6.95. The number of aromatic nitrogens is 2. The Hall–Kier alpha value is -2.42. The zero-order valence-electron chi connectivity index (χ0n) is 14.3. The van der Waals surface area contributed by atoms with Crippen molar-refractivity contribution in [3.8, 4) is 0 Å². The number of rotatable bonds is 3. The summed E-state index contributed by atoms with van der Waals surface area (Å²) in [7, 11) is -3.69. The molecule has 7 nitrogen and oxygen atoms in total. The van der Waals surface area contributed by atoms with Gasteiger partial charge in [-0.3, -0.25) is 9.89 Å². The lowest BCUT2D eigenvalue weighted by Gasteiger charge is -2.33. The molecule has 0 unspecified atom stereocenters. The molecule has 0 bridgehead atoms. The zero-order valence-corrected chi connectivity index (χ0v) is 15.9. The summed E-state index contributed by atoms with van der Waals surface area (Å²) >= 11 is 6.05. The van der Waals surface area contributed by atoms with Gasteiger partial charge in [0, 0.05) is 31.6 Å². The lowest BCUT2D eigenvalue weighted by Crippen LogP contribution is -2.50. The van der Waals surface area contributed by atoms with E-state index in [0.29, 0.717) is 18.8 Å². The van der Waals surface area contributed by atoms with Gasteiger partial charge in [0.15, 0.2) is 5.69 Å². The van der Waals surface area contributed by atoms with Gasteiger partial charge in [-0.1, -0.05) is 41.9 Å². The third-order valence-corrected chi connectivity index (χ3v) is 7.05. The summed E-state index contributed by atoms with van der Waals surface area (Å²) in [5, 5.41) is 7.93. The molecule has 1 fully saturated rings. The summed E-state index contributed by atoms with van der Waals surface area (Å²) in [4.78, 5) is 14.5. The maximum Gasteiger partial charge on any atom is 0.275 e. The number of sulfonamides is 1. The molecule has 1 aromatic heterocycles. The third-order valence-electron chi connectivity index (χ3n) is 4.65. The molecule has 27 heavy (non-hydrogen) atoms. The number of amides is 1.